The largest absolute Gasteiger partial charge is 0.464 e. The van der Waals surface area contributed by atoms with Gasteiger partial charge in [0.1, 0.15) is 0 Å². The number of rotatable bonds is 13. The number of nitrogens with one attached hydrogen (secondary N) is 1. The van der Waals surface area contributed by atoms with Crippen molar-refractivity contribution in [2.45, 2.75) is 63.6 Å². The molecule has 0 aliphatic carbocycles. The van der Waals surface area contributed by atoms with Crippen LogP contribution in [-0.2, 0) is 9.47 Å². The van der Waals surface area contributed by atoms with Gasteiger partial charge in [0.15, 0.2) is 25.1 Å². The highest BCUT2D eigenvalue weighted by molar-refractivity contribution is 6.76. The molecule has 1 saturated heterocycles. The molecule has 1 aliphatic heterocycles. The van der Waals surface area contributed by atoms with Crippen molar-refractivity contribution in [1.29, 1.82) is 0 Å². The molecule has 5 nitrogen and oxygen atoms in total. The van der Waals surface area contributed by atoms with Crippen LogP contribution in [0.25, 0.3) is 0 Å². The molecular weight excluding hydrogens is 398 g/mol. The standard InChI is InChI=1S/C22H40NO4Si2/c1-28(2)15-13-24-17-26-21-8-6-7-20(19-9-11-23-12-10-19)22(21)27-18-25-14-16-29(3,4)5/h6-8,19,23H,9-18H2,1-5H3. The molecule has 0 bridgehead atoms. The molecule has 1 heterocycles. The Kier molecular flexibility index (Phi) is 10.7. The van der Waals surface area contributed by atoms with Gasteiger partial charge in [0.25, 0.3) is 0 Å². The number of para-hydroxylation sites is 1. The summed E-state index contributed by atoms with van der Waals surface area (Å²) in [7, 11) is -1.36. The first-order valence-electron chi connectivity index (χ1n) is 10.9. The van der Waals surface area contributed by atoms with Crippen molar-refractivity contribution >= 4 is 16.9 Å². The molecule has 1 aromatic carbocycles. The first-order chi connectivity index (χ1) is 13.9. The summed E-state index contributed by atoms with van der Waals surface area (Å²) in [6.45, 7) is 15.8. The Balaban J connectivity index is 1.98. The Labute approximate surface area is 180 Å². The normalized spacial score (nSPS) is 15.7. The van der Waals surface area contributed by atoms with Crippen molar-refractivity contribution in [2.75, 3.05) is 39.9 Å². The maximum atomic E-state index is 6.13. The molecule has 165 valence electrons. The van der Waals surface area contributed by atoms with Crippen molar-refractivity contribution in [3.05, 3.63) is 23.8 Å². The van der Waals surface area contributed by atoms with Crippen LogP contribution in [0.3, 0.4) is 0 Å². The van der Waals surface area contributed by atoms with Crippen molar-refractivity contribution in [3.8, 4) is 11.5 Å². The lowest BCUT2D eigenvalue weighted by molar-refractivity contribution is 0.00515. The van der Waals surface area contributed by atoms with Crippen LogP contribution in [0.15, 0.2) is 18.2 Å². The van der Waals surface area contributed by atoms with E-state index < -0.39 is 8.07 Å². The van der Waals surface area contributed by atoms with Gasteiger partial charge in [0.2, 0.25) is 0 Å². The molecule has 1 radical (unpaired) electrons. The third kappa shape index (κ3) is 9.66. The predicted molar refractivity (Wildman–Crippen MR) is 125 cm³/mol. The minimum atomic E-state index is -1.10. The van der Waals surface area contributed by atoms with Gasteiger partial charge in [-0.2, -0.15) is 0 Å². The highest BCUT2D eigenvalue weighted by Crippen LogP contribution is 2.39. The van der Waals surface area contributed by atoms with Crippen LogP contribution < -0.4 is 14.8 Å². The average Bonchev–Trinajstić information content (AvgIpc) is 2.67. The first-order valence-corrected chi connectivity index (χ1v) is 17.3. The van der Waals surface area contributed by atoms with Crippen molar-refractivity contribution < 1.29 is 18.9 Å². The molecule has 0 spiro atoms. The fourth-order valence-electron chi connectivity index (χ4n) is 3.23. The lowest BCUT2D eigenvalue weighted by Gasteiger charge is -2.26. The molecule has 7 heteroatoms. The van der Waals surface area contributed by atoms with E-state index in [2.05, 4.69) is 50.2 Å². The summed E-state index contributed by atoms with van der Waals surface area (Å²) in [4.78, 5) is 0. The zero-order chi connectivity index (χ0) is 21.1. The molecule has 0 aromatic heterocycles. The van der Waals surface area contributed by atoms with E-state index in [1.165, 1.54) is 5.56 Å². The van der Waals surface area contributed by atoms with Crippen LogP contribution in [0.4, 0.5) is 0 Å². The summed E-state index contributed by atoms with van der Waals surface area (Å²) in [5.74, 6) is 2.07. The van der Waals surface area contributed by atoms with Gasteiger partial charge in [-0.05, 0) is 50.0 Å². The molecular formula is C22H40NO4Si2. The van der Waals surface area contributed by atoms with Gasteiger partial charge in [0.05, 0.1) is 0 Å². The third-order valence-corrected chi connectivity index (χ3v) is 8.02. The third-order valence-electron chi connectivity index (χ3n) is 5.12. The number of hydrogen-bond acceptors (Lipinski definition) is 5. The molecule has 1 aliphatic rings. The van der Waals surface area contributed by atoms with E-state index in [-0.39, 0.29) is 22.4 Å². The van der Waals surface area contributed by atoms with Crippen LogP contribution in [-0.4, -0.2) is 56.8 Å². The van der Waals surface area contributed by atoms with E-state index in [1.807, 2.05) is 6.07 Å². The molecule has 1 aromatic rings. The Morgan fingerprint density at radius 1 is 1.00 bits per heavy atom. The number of benzene rings is 1. The zero-order valence-electron chi connectivity index (χ0n) is 19.0. The summed E-state index contributed by atoms with van der Waals surface area (Å²) in [6, 6.07) is 8.48. The summed E-state index contributed by atoms with van der Waals surface area (Å²) in [6.07, 6.45) is 2.23. The number of piperidine rings is 1. The van der Waals surface area contributed by atoms with Crippen LogP contribution in [0.2, 0.25) is 44.8 Å². The minimum Gasteiger partial charge on any atom is -0.464 e. The average molecular weight is 439 g/mol. The molecule has 29 heavy (non-hydrogen) atoms. The van der Waals surface area contributed by atoms with E-state index in [0.717, 1.165) is 62.7 Å². The van der Waals surface area contributed by atoms with Crippen LogP contribution in [0.1, 0.15) is 24.3 Å². The van der Waals surface area contributed by atoms with Crippen molar-refractivity contribution in [3.63, 3.8) is 0 Å². The van der Waals surface area contributed by atoms with Gasteiger partial charge < -0.3 is 24.3 Å². The maximum absolute atomic E-state index is 6.13. The summed E-state index contributed by atoms with van der Waals surface area (Å²) < 4.78 is 23.6. The molecule has 0 saturated carbocycles. The molecule has 1 fully saturated rings. The summed E-state index contributed by atoms with van der Waals surface area (Å²) in [5.41, 5.74) is 1.23. The van der Waals surface area contributed by atoms with E-state index in [0.29, 0.717) is 5.92 Å². The fourth-order valence-corrected chi connectivity index (χ4v) is 4.54. The van der Waals surface area contributed by atoms with Gasteiger partial charge in [-0.15, -0.1) is 0 Å². The van der Waals surface area contributed by atoms with E-state index in [9.17, 15) is 0 Å². The molecule has 1 N–H and O–H groups in total. The lowest BCUT2D eigenvalue weighted by Crippen LogP contribution is -2.27. The van der Waals surface area contributed by atoms with Gasteiger partial charge in [-0.25, -0.2) is 0 Å². The van der Waals surface area contributed by atoms with Gasteiger partial charge in [-0.3, -0.25) is 0 Å². The highest BCUT2D eigenvalue weighted by atomic mass is 28.3. The monoisotopic (exact) mass is 438 g/mol. The number of hydrogen-bond donors (Lipinski definition) is 1. The van der Waals surface area contributed by atoms with E-state index >= 15 is 0 Å². The van der Waals surface area contributed by atoms with Crippen LogP contribution in [0, 0.1) is 0 Å². The fraction of sp³-hybridized carbons (Fsp3) is 0.727. The molecule has 0 atom stereocenters. The summed E-state index contributed by atoms with van der Waals surface area (Å²) >= 11 is 0. The van der Waals surface area contributed by atoms with Gasteiger partial charge in [0, 0.05) is 35.6 Å². The Morgan fingerprint density at radius 2 is 1.69 bits per heavy atom. The van der Waals surface area contributed by atoms with Crippen LogP contribution in [0.5, 0.6) is 11.5 Å². The molecule has 2 rings (SSSR count). The quantitative estimate of drug-likeness (QED) is 0.268. The van der Waals surface area contributed by atoms with Crippen molar-refractivity contribution in [2.24, 2.45) is 0 Å². The van der Waals surface area contributed by atoms with E-state index in [1.54, 1.807) is 0 Å². The Hall–Kier alpha value is -0.866. The smallest absolute Gasteiger partial charge is 0.189 e. The Bertz CT molecular complexity index is 587. The SMILES string of the molecule is C[Si](C)CCOCOc1cccc(C2CCNCC2)c1OCOCC[Si](C)(C)C. The predicted octanol–water partition coefficient (Wildman–Crippen LogP) is 4.95. The molecule has 0 unspecified atom stereocenters. The highest BCUT2D eigenvalue weighted by Gasteiger charge is 2.22. The molecule has 0 amide bonds. The first kappa shape index (κ1) is 24.4. The Morgan fingerprint density at radius 3 is 2.38 bits per heavy atom. The second-order valence-electron chi connectivity index (χ2n) is 9.31. The second kappa shape index (κ2) is 12.7. The van der Waals surface area contributed by atoms with E-state index in [4.69, 9.17) is 18.9 Å². The van der Waals surface area contributed by atoms with Crippen LogP contribution >= 0.6 is 0 Å². The minimum absolute atomic E-state index is 0.261. The zero-order valence-corrected chi connectivity index (χ0v) is 21.0. The van der Waals surface area contributed by atoms with Gasteiger partial charge >= 0.3 is 0 Å². The lowest BCUT2D eigenvalue weighted by atomic mass is 9.89. The topological polar surface area (TPSA) is 49.0 Å². The summed E-state index contributed by atoms with van der Waals surface area (Å²) in [5, 5.41) is 3.44. The van der Waals surface area contributed by atoms with Gasteiger partial charge in [-0.1, -0.05) is 44.9 Å². The van der Waals surface area contributed by atoms with Crippen molar-refractivity contribution in [1.82, 2.24) is 5.32 Å². The maximum Gasteiger partial charge on any atom is 0.189 e. The number of ether oxygens (including phenoxy) is 4. The second-order valence-corrected chi connectivity index (χ2v) is 17.8.